The number of carbonyl (C=O) groups excluding carboxylic acids is 1. The van der Waals surface area contributed by atoms with E-state index in [0.717, 1.165) is 101 Å². The van der Waals surface area contributed by atoms with Crippen LogP contribution in [0.5, 0.6) is 28.7 Å². The minimum absolute atomic E-state index is 0.0109. The number of nitrogens with one attached hydrogen (secondary N) is 3. The fraction of sp³-hybridized carbons (Fsp3) is 0.429. The van der Waals surface area contributed by atoms with Crippen LogP contribution in [-0.2, 0) is 21.3 Å². The predicted octanol–water partition coefficient (Wildman–Crippen LogP) is 9.39. The summed E-state index contributed by atoms with van der Waals surface area (Å²) in [4.78, 5) is 40.7. The van der Waals surface area contributed by atoms with Crippen LogP contribution in [0.2, 0.25) is 0 Å². The number of pyridine rings is 1. The molecular formula is C56H64N8O10S. The van der Waals surface area contributed by atoms with Gasteiger partial charge in [-0.1, -0.05) is 50.2 Å². The average molecular weight is 1040 g/mol. The van der Waals surface area contributed by atoms with E-state index < -0.39 is 31.4 Å². The Balaban J connectivity index is 0.805. The average Bonchev–Trinajstić information content (AvgIpc) is 4.11. The van der Waals surface area contributed by atoms with Crippen molar-refractivity contribution in [1.82, 2.24) is 24.5 Å². The first kappa shape index (κ1) is 50.2. The molecule has 4 aromatic carbocycles. The molecule has 6 aromatic rings. The van der Waals surface area contributed by atoms with Gasteiger partial charge in [0, 0.05) is 101 Å². The Hall–Kier alpha value is -6.93. The first-order valence-corrected chi connectivity index (χ1v) is 27.5. The van der Waals surface area contributed by atoms with Gasteiger partial charge < -0.3 is 38.9 Å². The van der Waals surface area contributed by atoms with E-state index in [1.165, 1.54) is 22.9 Å². The smallest absolute Gasteiger partial charge is 0.297 e. The molecule has 18 nitrogen and oxygen atoms in total. The number of amides is 1. The number of nitrogens with zero attached hydrogens (tertiary/aromatic N) is 5. The zero-order valence-electron chi connectivity index (χ0n) is 42.6. The molecule has 2 aromatic heterocycles. The number of hydrogen-bond acceptors (Lipinski definition) is 15. The van der Waals surface area contributed by atoms with E-state index in [1.807, 2.05) is 24.3 Å². The lowest BCUT2D eigenvalue weighted by molar-refractivity contribution is -0.384. The molecular weight excluding hydrogens is 977 g/mol. The molecule has 1 spiro atoms. The van der Waals surface area contributed by atoms with Gasteiger partial charge in [0.05, 0.1) is 23.8 Å². The van der Waals surface area contributed by atoms with Gasteiger partial charge in [-0.15, -0.1) is 0 Å². The molecule has 5 aliphatic rings. The van der Waals surface area contributed by atoms with Gasteiger partial charge in [-0.2, -0.15) is 0 Å². The highest BCUT2D eigenvalue weighted by molar-refractivity contribution is 7.90. The van der Waals surface area contributed by atoms with Crippen LogP contribution in [0.1, 0.15) is 91.4 Å². The van der Waals surface area contributed by atoms with Gasteiger partial charge in [0.2, 0.25) is 6.79 Å². The molecule has 4 aliphatic heterocycles. The number of rotatable bonds is 16. The maximum Gasteiger partial charge on any atom is 0.297 e. The number of H-pyrrole nitrogens is 1. The number of fused-ring (bicyclic) bond motifs is 2. The highest BCUT2D eigenvalue weighted by Crippen LogP contribution is 2.54. The Morgan fingerprint density at radius 3 is 2.48 bits per heavy atom. The number of methoxy groups -OCH3 is 1. The van der Waals surface area contributed by atoms with E-state index in [0.29, 0.717) is 43.1 Å². The number of aromatic nitrogens is 2. The molecule has 6 heterocycles. The molecule has 1 unspecified atom stereocenters. The first-order chi connectivity index (χ1) is 36.3. The molecule has 394 valence electrons. The number of hydrogen-bond donors (Lipinski definition) is 3. The molecule has 75 heavy (non-hydrogen) atoms. The van der Waals surface area contributed by atoms with Gasteiger partial charge >= 0.3 is 0 Å². The van der Waals surface area contributed by atoms with Crippen molar-refractivity contribution in [3.8, 4) is 28.7 Å². The third-order valence-electron chi connectivity index (χ3n) is 16.1. The van der Waals surface area contributed by atoms with Crippen LogP contribution in [-0.4, -0.2) is 111 Å². The number of piperazine rings is 1. The van der Waals surface area contributed by atoms with Crippen molar-refractivity contribution >= 4 is 44.0 Å². The molecule has 4 fully saturated rings. The number of carbonyl (C=O) groups is 1. The van der Waals surface area contributed by atoms with Gasteiger partial charge in [0.1, 0.15) is 27.8 Å². The maximum absolute atomic E-state index is 14.3. The maximum atomic E-state index is 14.3. The van der Waals surface area contributed by atoms with Crippen LogP contribution < -0.4 is 33.9 Å². The molecule has 19 heteroatoms. The number of piperidine rings is 1. The molecule has 0 radical (unpaired) electrons. The number of benzene rings is 4. The number of nitro groups is 1. The second-order valence-corrected chi connectivity index (χ2v) is 22.7. The van der Waals surface area contributed by atoms with Crippen LogP contribution in [0.15, 0.2) is 102 Å². The SMILES string of the molecule is COc1ccc(CN2CCN(C3CC4(CCN(c5ccc(C(=O)NS(=O)(=O)c6cc([N+](=O)[O-])c(NCC7CCOCC7)c7c6OCO7)c(Oc6cnc7[nH]ccc7c6)c5)CC4)C3)C(c3ccccc3C(C)C)C2)cc1. The standard InChI is InChI=1S/C56H64N8O10S/c1-36(2)44-6-4-5-7-45(44)48-34-61(33-38-8-11-42(70-3)12-9-38)22-23-63(48)41-29-56(30-41)17-20-62(21-18-56)40-10-13-46(49(27-40)74-43-26-39-14-19-57-54(39)59-32-43)55(65)60-75(68,69)50-28-47(64(66)67)51(53-52(50)72-35-73-53)58-31-37-15-24-71-25-16-37/h4-14,19,26-28,32,36-37,41,48,58H,15-18,20-25,29-31,33-35H2,1-3H3,(H,57,59)(H,60,65). The van der Waals surface area contributed by atoms with E-state index in [-0.39, 0.29) is 52.7 Å². The van der Waals surface area contributed by atoms with Crippen molar-refractivity contribution in [2.24, 2.45) is 11.3 Å². The summed E-state index contributed by atoms with van der Waals surface area (Å²) in [6.07, 6.45) is 9.11. The van der Waals surface area contributed by atoms with E-state index >= 15 is 0 Å². The van der Waals surface area contributed by atoms with E-state index in [2.05, 4.69) is 85.0 Å². The second kappa shape index (κ2) is 21.0. The summed E-state index contributed by atoms with van der Waals surface area (Å²) in [5, 5.41) is 16.4. The number of nitro benzene ring substituents is 1. The van der Waals surface area contributed by atoms with Crippen molar-refractivity contribution < 1.29 is 41.8 Å². The molecule has 3 saturated heterocycles. The van der Waals surface area contributed by atoms with Gasteiger partial charge in [0.15, 0.2) is 17.2 Å². The Morgan fingerprint density at radius 2 is 1.72 bits per heavy atom. The molecule has 0 bridgehead atoms. The molecule has 1 saturated carbocycles. The Labute approximate surface area is 436 Å². The summed E-state index contributed by atoms with van der Waals surface area (Å²) in [6, 6.07) is 27.8. The van der Waals surface area contributed by atoms with Crippen LogP contribution >= 0.6 is 0 Å². The summed E-state index contributed by atoms with van der Waals surface area (Å²) in [6.45, 7) is 11.2. The van der Waals surface area contributed by atoms with Crippen molar-refractivity contribution in [1.29, 1.82) is 0 Å². The first-order valence-electron chi connectivity index (χ1n) is 26.0. The van der Waals surface area contributed by atoms with Crippen LogP contribution in [0.3, 0.4) is 0 Å². The molecule has 1 atom stereocenters. The summed E-state index contributed by atoms with van der Waals surface area (Å²) >= 11 is 0. The minimum atomic E-state index is -4.79. The van der Waals surface area contributed by atoms with Gasteiger partial charge in [-0.05, 0) is 109 Å². The lowest BCUT2D eigenvalue weighted by atomic mass is 9.59. The quantitative estimate of drug-likeness (QED) is 0.0611. The number of sulfonamides is 1. The third-order valence-corrected chi connectivity index (χ3v) is 17.4. The Morgan fingerprint density at radius 1 is 0.947 bits per heavy atom. The number of aromatic amines is 1. The lowest BCUT2D eigenvalue weighted by Crippen LogP contribution is -2.60. The summed E-state index contributed by atoms with van der Waals surface area (Å²) in [7, 11) is -3.09. The fourth-order valence-electron chi connectivity index (χ4n) is 11.9. The van der Waals surface area contributed by atoms with Crippen LogP contribution in [0.25, 0.3) is 11.0 Å². The normalized spacial score (nSPS) is 19.3. The van der Waals surface area contributed by atoms with Crippen molar-refractivity contribution in [2.45, 2.75) is 81.8 Å². The molecule has 11 rings (SSSR count). The van der Waals surface area contributed by atoms with Crippen LogP contribution in [0, 0.1) is 21.4 Å². The Kier molecular flexibility index (Phi) is 14.1. The highest BCUT2D eigenvalue weighted by Gasteiger charge is 2.50. The van der Waals surface area contributed by atoms with Crippen molar-refractivity contribution in [2.75, 3.05) is 76.6 Å². The predicted molar refractivity (Wildman–Crippen MR) is 284 cm³/mol. The zero-order valence-corrected chi connectivity index (χ0v) is 43.4. The van der Waals surface area contributed by atoms with Crippen molar-refractivity contribution in [3.05, 3.63) is 130 Å². The molecule has 1 aliphatic carbocycles. The van der Waals surface area contributed by atoms with E-state index in [4.69, 9.17) is 23.7 Å². The highest BCUT2D eigenvalue weighted by atomic mass is 32.2. The van der Waals surface area contributed by atoms with E-state index in [1.54, 1.807) is 31.5 Å². The van der Waals surface area contributed by atoms with Gasteiger partial charge in [-0.25, -0.2) is 18.1 Å². The van der Waals surface area contributed by atoms with Gasteiger partial charge in [0.25, 0.3) is 21.6 Å². The summed E-state index contributed by atoms with van der Waals surface area (Å²) < 4.78 is 59.2. The lowest BCUT2D eigenvalue weighted by Gasteiger charge is -2.58. The fourth-order valence-corrected chi connectivity index (χ4v) is 13.0. The van der Waals surface area contributed by atoms with Crippen molar-refractivity contribution in [3.63, 3.8) is 0 Å². The minimum Gasteiger partial charge on any atom is -0.497 e. The zero-order chi connectivity index (χ0) is 51.8. The molecule has 1 amide bonds. The monoisotopic (exact) mass is 1040 g/mol. The summed E-state index contributed by atoms with van der Waals surface area (Å²) in [5.74, 6) is 0.580. The van der Waals surface area contributed by atoms with E-state index in [9.17, 15) is 23.3 Å². The summed E-state index contributed by atoms with van der Waals surface area (Å²) in [5.41, 5.74) is 5.24. The van der Waals surface area contributed by atoms with Crippen LogP contribution in [0.4, 0.5) is 17.1 Å². The number of anilines is 2. The topological polar surface area (TPSA) is 203 Å². The van der Waals surface area contributed by atoms with Gasteiger partial charge in [-0.3, -0.25) is 24.7 Å². The Bertz CT molecular complexity index is 3180. The molecule has 3 N–H and O–H groups in total. The number of ether oxygens (including phenoxy) is 5. The largest absolute Gasteiger partial charge is 0.497 e. The third kappa shape index (κ3) is 10.4. The second-order valence-electron chi connectivity index (χ2n) is 21.0.